The third-order valence-corrected chi connectivity index (χ3v) is 4.27. The van der Waals surface area contributed by atoms with E-state index >= 15 is 0 Å². The van der Waals surface area contributed by atoms with Crippen LogP contribution < -0.4 is 0 Å². The molecule has 2 aromatic rings. The highest BCUT2D eigenvalue weighted by Gasteiger charge is 2.10. The zero-order valence-electron chi connectivity index (χ0n) is 11.1. The Bertz CT molecular complexity index is 568. The zero-order chi connectivity index (χ0) is 13.8. The molecule has 0 fully saturated rings. The fourth-order valence-corrected chi connectivity index (χ4v) is 2.71. The molecule has 0 aliphatic heterocycles. The summed E-state index contributed by atoms with van der Waals surface area (Å²) in [5.74, 6) is 0.212. The van der Waals surface area contributed by atoms with Gasteiger partial charge in [-0.15, -0.1) is 11.8 Å². The molecule has 1 atom stereocenters. The van der Waals surface area contributed by atoms with Crippen LogP contribution in [0.15, 0.2) is 47.4 Å². The first-order valence-electron chi connectivity index (χ1n) is 6.20. The first kappa shape index (κ1) is 14.1. The Hall–Kier alpha value is -1.32. The topological polar surface area (TPSA) is 20.2 Å². The van der Waals surface area contributed by atoms with Crippen LogP contribution in [0, 0.1) is 19.7 Å². The average Bonchev–Trinajstić information content (AvgIpc) is 2.40. The molecule has 100 valence electrons. The number of aliphatic hydroxyl groups excluding tert-OH is 1. The molecule has 0 radical (unpaired) electrons. The molecule has 1 N–H and O–H groups in total. The highest BCUT2D eigenvalue weighted by Crippen LogP contribution is 2.27. The number of thioether (sulfide) groups is 1. The molecule has 19 heavy (non-hydrogen) atoms. The van der Waals surface area contributed by atoms with Crippen LogP contribution in [0.2, 0.25) is 0 Å². The number of hydrogen-bond donors (Lipinski definition) is 1. The van der Waals surface area contributed by atoms with Gasteiger partial charge in [0.1, 0.15) is 5.82 Å². The van der Waals surface area contributed by atoms with Crippen LogP contribution in [-0.2, 0) is 0 Å². The van der Waals surface area contributed by atoms with E-state index in [9.17, 15) is 9.50 Å². The van der Waals surface area contributed by atoms with Gasteiger partial charge in [0.15, 0.2) is 0 Å². The summed E-state index contributed by atoms with van der Waals surface area (Å²) in [7, 11) is 0. The maximum Gasteiger partial charge on any atom is 0.136 e. The van der Waals surface area contributed by atoms with Crippen molar-refractivity contribution in [3.05, 3.63) is 65.0 Å². The van der Waals surface area contributed by atoms with Crippen molar-refractivity contribution in [3.63, 3.8) is 0 Å². The van der Waals surface area contributed by atoms with Crippen molar-refractivity contribution in [2.45, 2.75) is 24.8 Å². The maximum atomic E-state index is 13.5. The van der Waals surface area contributed by atoms with Crippen molar-refractivity contribution in [3.8, 4) is 0 Å². The highest BCUT2D eigenvalue weighted by atomic mass is 32.2. The molecule has 0 heterocycles. The van der Waals surface area contributed by atoms with Gasteiger partial charge in [0, 0.05) is 10.6 Å². The van der Waals surface area contributed by atoms with Gasteiger partial charge >= 0.3 is 0 Å². The fraction of sp³-hybridized carbons (Fsp3) is 0.250. The van der Waals surface area contributed by atoms with Gasteiger partial charge in [-0.2, -0.15) is 0 Å². The summed E-state index contributed by atoms with van der Waals surface area (Å²) < 4.78 is 13.5. The Morgan fingerprint density at radius 2 is 1.84 bits per heavy atom. The number of hydrogen-bond acceptors (Lipinski definition) is 2. The van der Waals surface area contributed by atoms with Crippen molar-refractivity contribution in [1.29, 1.82) is 0 Å². The second-order valence-corrected chi connectivity index (χ2v) is 5.66. The van der Waals surface area contributed by atoms with E-state index in [2.05, 4.69) is 0 Å². The third-order valence-electron chi connectivity index (χ3n) is 3.15. The summed E-state index contributed by atoms with van der Waals surface area (Å²) in [6.07, 6.45) is -0.580. The molecule has 0 saturated heterocycles. The van der Waals surface area contributed by atoms with Gasteiger partial charge < -0.3 is 5.11 Å². The first-order valence-corrected chi connectivity index (χ1v) is 7.19. The average molecular weight is 276 g/mol. The lowest BCUT2D eigenvalue weighted by atomic mass is 10.0. The molecule has 1 unspecified atom stereocenters. The lowest BCUT2D eigenvalue weighted by Gasteiger charge is -2.12. The maximum absolute atomic E-state index is 13.5. The third kappa shape index (κ3) is 3.58. The normalized spacial score (nSPS) is 12.4. The molecule has 0 bridgehead atoms. The summed E-state index contributed by atoms with van der Waals surface area (Å²) in [5, 5.41) is 10.1. The standard InChI is InChI=1S/C16H17FOS/c1-11-7-8-13(9-12(11)2)15(18)10-19-16-6-4-3-5-14(16)17/h3-9,15,18H,10H2,1-2H3. The van der Waals surface area contributed by atoms with Crippen LogP contribution in [0.25, 0.3) is 0 Å². The molecule has 0 saturated carbocycles. The molecule has 2 rings (SSSR count). The lowest BCUT2D eigenvalue weighted by Crippen LogP contribution is -2.01. The van der Waals surface area contributed by atoms with Crippen molar-refractivity contribution < 1.29 is 9.50 Å². The van der Waals surface area contributed by atoms with Crippen LogP contribution in [0.4, 0.5) is 4.39 Å². The van der Waals surface area contributed by atoms with E-state index in [0.717, 1.165) is 11.1 Å². The van der Waals surface area contributed by atoms with Crippen molar-refractivity contribution in [2.24, 2.45) is 0 Å². The molecule has 0 amide bonds. The van der Waals surface area contributed by atoms with E-state index in [1.54, 1.807) is 18.2 Å². The van der Waals surface area contributed by atoms with E-state index in [1.807, 2.05) is 32.0 Å². The molecule has 2 aromatic carbocycles. The highest BCUT2D eigenvalue weighted by molar-refractivity contribution is 7.99. The van der Waals surface area contributed by atoms with Crippen molar-refractivity contribution in [1.82, 2.24) is 0 Å². The minimum Gasteiger partial charge on any atom is -0.388 e. The SMILES string of the molecule is Cc1ccc(C(O)CSc2ccccc2F)cc1C. The predicted molar refractivity (Wildman–Crippen MR) is 78.0 cm³/mol. The van der Waals surface area contributed by atoms with E-state index in [4.69, 9.17) is 0 Å². The molecule has 0 aromatic heterocycles. The minimum absolute atomic E-state index is 0.236. The van der Waals surface area contributed by atoms with Crippen LogP contribution >= 0.6 is 11.8 Å². The Morgan fingerprint density at radius 1 is 1.11 bits per heavy atom. The van der Waals surface area contributed by atoms with Gasteiger partial charge in [-0.25, -0.2) is 4.39 Å². The Balaban J connectivity index is 2.03. The van der Waals surface area contributed by atoms with Crippen molar-refractivity contribution in [2.75, 3.05) is 5.75 Å². The van der Waals surface area contributed by atoms with E-state index in [-0.39, 0.29) is 5.82 Å². The second kappa shape index (κ2) is 6.22. The van der Waals surface area contributed by atoms with Crippen LogP contribution in [0.1, 0.15) is 22.8 Å². The molecule has 3 heteroatoms. The largest absolute Gasteiger partial charge is 0.388 e. The molecule has 0 spiro atoms. The fourth-order valence-electron chi connectivity index (χ4n) is 1.80. The van der Waals surface area contributed by atoms with Gasteiger partial charge in [0.2, 0.25) is 0 Å². The van der Waals surface area contributed by atoms with Crippen LogP contribution in [-0.4, -0.2) is 10.9 Å². The first-order chi connectivity index (χ1) is 9.08. The van der Waals surface area contributed by atoms with E-state index in [1.165, 1.54) is 23.4 Å². The number of aliphatic hydroxyl groups is 1. The summed E-state index contributed by atoms with van der Waals surface area (Å²) in [6, 6.07) is 12.5. The Morgan fingerprint density at radius 3 is 2.53 bits per heavy atom. The monoisotopic (exact) mass is 276 g/mol. The van der Waals surface area contributed by atoms with Crippen molar-refractivity contribution >= 4 is 11.8 Å². The Kier molecular flexibility index (Phi) is 4.61. The smallest absolute Gasteiger partial charge is 0.136 e. The summed E-state index contributed by atoms with van der Waals surface area (Å²) in [6.45, 7) is 4.06. The lowest BCUT2D eigenvalue weighted by molar-refractivity contribution is 0.204. The number of halogens is 1. The van der Waals surface area contributed by atoms with Gasteiger partial charge in [0.25, 0.3) is 0 Å². The molecule has 1 nitrogen and oxygen atoms in total. The van der Waals surface area contributed by atoms with Gasteiger partial charge in [-0.05, 0) is 42.7 Å². The summed E-state index contributed by atoms with van der Waals surface area (Å²) >= 11 is 1.34. The molecule has 0 aliphatic rings. The minimum atomic E-state index is -0.580. The number of benzene rings is 2. The molecule has 0 aliphatic carbocycles. The summed E-state index contributed by atoms with van der Waals surface area (Å²) in [5.41, 5.74) is 3.25. The second-order valence-electron chi connectivity index (χ2n) is 4.60. The number of rotatable bonds is 4. The summed E-state index contributed by atoms with van der Waals surface area (Å²) in [4.78, 5) is 0.574. The Labute approximate surface area is 117 Å². The van der Waals surface area contributed by atoms with E-state index in [0.29, 0.717) is 10.6 Å². The van der Waals surface area contributed by atoms with Gasteiger partial charge in [-0.1, -0.05) is 30.3 Å². The van der Waals surface area contributed by atoms with Gasteiger partial charge in [0.05, 0.1) is 6.10 Å². The molecular formula is C16H17FOS. The quantitative estimate of drug-likeness (QED) is 0.842. The predicted octanol–water partition coefficient (Wildman–Crippen LogP) is 4.27. The van der Waals surface area contributed by atoms with Crippen LogP contribution in [0.3, 0.4) is 0 Å². The number of aryl methyl sites for hydroxylation is 2. The molecular weight excluding hydrogens is 259 g/mol. The van der Waals surface area contributed by atoms with Gasteiger partial charge in [-0.3, -0.25) is 0 Å². The van der Waals surface area contributed by atoms with Crippen LogP contribution in [0.5, 0.6) is 0 Å². The zero-order valence-corrected chi connectivity index (χ0v) is 11.9. The van der Waals surface area contributed by atoms with E-state index < -0.39 is 6.10 Å².